The number of nitrogens with zero attached hydrogens (tertiary/aromatic N) is 5. The number of fused-ring (bicyclic) bond motifs is 1. The van der Waals surface area contributed by atoms with Crippen LogP contribution in [-0.4, -0.2) is 46.0 Å². The fourth-order valence-corrected chi connectivity index (χ4v) is 5.08. The van der Waals surface area contributed by atoms with Gasteiger partial charge in [0.05, 0.1) is 5.01 Å². The minimum absolute atomic E-state index is 0.701. The normalized spacial score (nSPS) is 27.0. The first-order valence-corrected chi connectivity index (χ1v) is 9.77. The van der Waals surface area contributed by atoms with Crippen LogP contribution in [-0.2, 0) is 6.54 Å². The van der Waals surface area contributed by atoms with E-state index in [1.165, 1.54) is 41.5 Å². The summed E-state index contributed by atoms with van der Waals surface area (Å²) in [5.74, 6) is 3.40. The predicted octanol–water partition coefficient (Wildman–Crippen LogP) is 2.69. The molecule has 5 rings (SSSR count). The molecule has 2 aromatic rings. The van der Waals surface area contributed by atoms with Crippen LogP contribution in [0.4, 0.5) is 5.82 Å². The largest absolute Gasteiger partial charge is 0.356 e. The van der Waals surface area contributed by atoms with Gasteiger partial charge in [-0.3, -0.25) is 4.90 Å². The number of thiazole rings is 1. The molecule has 6 heteroatoms. The molecule has 0 N–H and O–H groups in total. The molecule has 0 aromatic carbocycles. The summed E-state index contributed by atoms with van der Waals surface area (Å²) in [4.78, 5) is 19.9. The van der Waals surface area contributed by atoms with Crippen molar-refractivity contribution in [1.82, 2.24) is 19.9 Å². The molecule has 2 aliphatic heterocycles. The fourth-order valence-electron chi connectivity index (χ4n) is 4.24. The average molecular weight is 341 g/mol. The number of aromatic nitrogens is 3. The summed E-state index contributed by atoms with van der Waals surface area (Å²) in [7, 11) is 0. The van der Waals surface area contributed by atoms with Crippen LogP contribution in [0.2, 0.25) is 0 Å². The van der Waals surface area contributed by atoms with Crippen molar-refractivity contribution in [2.45, 2.75) is 32.2 Å². The SMILES string of the molecule is Cc1ncc(CN2CC3CN(c4cc(C5CC5)ncn4)CC3C2)s1. The maximum Gasteiger partial charge on any atom is 0.132 e. The summed E-state index contributed by atoms with van der Waals surface area (Å²) in [5.41, 5.74) is 1.25. The lowest BCUT2D eigenvalue weighted by Gasteiger charge is -2.22. The standard InChI is InChI=1S/C18H23N5S/c1-12-19-5-16(24-12)10-22-6-14-8-23(9-15(14)7-22)18-4-17(13-2-3-13)20-11-21-18/h4-5,11,13-15H,2-3,6-10H2,1H3. The first-order chi connectivity index (χ1) is 11.7. The van der Waals surface area contributed by atoms with Gasteiger partial charge in [-0.1, -0.05) is 0 Å². The number of hydrogen-bond acceptors (Lipinski definition) is 6. The Kier molecular flexibility index (Phi) is 3.56. The summed E-state index contributed by atoms with van der Waals surface area (Å²) < 4.78 is 0. The molecule has 0 amide bonds. The Labute approximate surface area is 146 Å². The lowest BCUT2D eigenvalue weighted by atomic mass is 10.0. The Bertz CT molecular complexity index is 727. The second-order valence-electron chi connectivity index (χ2n) is 7.54. The zero-order chi connectivity index (χ0) is 16.1. The second kappa shape index (κ2) is 5.77. The highest BCUT2D eigenvalue weighted by atomic mass is 32.1. The molecule has 3 aliphatic rings. The van der Waals surface area contributed by atoms with Crippen molar-refractivity contribution < 1.29 is 0 Å². The Balaban J connectivity index is 1.22. The van der Waals surface area contributed by atoms with Gasteiger partial charge in [-0.2, -0.15) is 0 Å². The van der Waals surface area contributed by atoms with Gasteiger partial charge < -0.3 is 4.90 Å². The number of aryl methyl sites for hydroxylation is 1. The van der Waals surface area contributed by atoms with Crippen LogP contribution in [0.15, 0.2) is 18.6 Å². The fraction of sp³-hybridized carbons (Fsp3) is 0.611. The van der Waals surface area contributed by atoms with Crippen molar-refractivity contribution in [3.63, 3.8) is 0 Å². The average Bonchev–Trinajstić information content (AvgIpc) is 3.09. The van der Waals surface area contributed by atoms with Crippen LogP contribution >= 0.6 is 11.3 Å². The third-order valence-corrected chi connectivity index (χ3v) is 6.50. The van der Waals surface area contributed by atoms with Crippen molar-refractivity contribution in [2.75, 3.05) is 31.1 Å². The maximum absolute atomic E-state index is 4.54. The van der Waals surface area contributed by atoms with Crippen LogP contribution < -0.4 is 4.90 Å². The van der Waals surface area contributed by atoms with E-state index in [0.29, 0.717) is 5.92 Å². The topological polar surface area (TPSA) is 45.2 Å². The Morgan fingerprint density at radius 3 is 2.54 bits per heavy atom. The molecule has 126 valence electrons. The molecular weight excluding hydrogens is 318 g/mol. The molecule has 4 heterocycles. The molecule has 3 fully saturated rings. The molecule has 2 aromatic heterocycles. The molecule has 0 bridgehead atoms. The molecule has 24 heavy (non-hydrogen) atoms. The number of likely N-dealkylation sites (tertiary alicyclic amines) is 1. The van der Waals surface area contributed by atoms with E-state index in [2.05, 4.69) is 37.7 Å². The third kappa shape index (κ3) is 2.82. The summed E-state index contributed by atoms with van der Waals surface area (Å²) in [5, 5.41) is 1.17. The van der Waals surface area contributed by atoms with Gasteiger partial charge in [0, 0.05) is 61.5 Å². The molecule has 2 saturated heterocycles. The Hall–Kier alpha value is -1.53. The lowest BCUT2D eigenvalue weighted by molar-refractivity contribution is 0.311. The molecule has 5 nitrogen and oxygen atoms in total. The van der Waals surface area contributed by atoms with Gasteiger partial charge in [-0.25, -0.2) is 15.0 Å². The molecule has 2 unspecified atom stereocenters. The molecule has 0 radical (unpaired) electrons. The summed E-state index contributed by atoms with van der Waals surface area (Å²) in [6, 6.07) is 2.23. The monoisotopic (exact) mass is 341 g/mol. The maximum atomic E-state index is 4.54. The van der Waals surface area contributed by atoms with Crippen LogP contribution in [0.1, 0.15) is 34.3 Å². The summed E-state index contributed by atoms with van der Waals surface area (Å²) in [6.07, 6.45) is 6.40. The zero-order valence-corrected chi connectivity index (χ0v) is 14.9. The number of hydrogen-bond donors (Lipinski definition) is 0. The molecular formula is C18H23N5S. The van der Waals surface area contributed by atoms with Crippen molar-refractivity contribution in [2.24, 2.45) is 11.8 Å². The van der Waals surface area contributed by atoms with E-state index in [9.17, 15) is 0 Å². The quantitative estimate of drug-likeness (QED) is 0.855. The Morgan fingerprint density at radius 1 is 1.08 bits per heavy atom. The molecule has 1 aliphatic carbocycles. The van der Waals surface area contributed by atoms with E-state index in [0.717, 1.165) is 37.3 Å². The highest BCUT2D eigenvalue weighted by Gasteiger charge is 2.40. The highest BCUT2D eigenvalue weighted by molar-refractivity contribution is 7.11. The van der Waals surface area contributed by atoms with Gasteiger partial charge in [0.15, 0.2) is 0 Å². The molecule has 1 saturated carbocycles. The molecule has 0 spiro atoms. The Morgan fingerprint density at radius 2 is 1.88 bits per heavy atom. The lowest BCUT2D eigenvalue weighted by Crippen LogP contribution is -2.29. The van der Waals surface area contributed by atoms with Gasteiger partial charge in [0.25, 0.3) is 0 Å². The van der Waals surface area contributed by atoms with Crippen LogP contribution in [0.25, 0.3) is 0 Å². The van der Waals surface area contributed by atoms with Gasteiger partial charge in [0.1, 0.15) is 12.1 Å². The van der Waals surface area contributed by atoms with Crippen molar-refractivity contribution >= 4 is 17.2 Å². The van der Waals surface area contributed by atoms with Crippen molar-refractivity contribution in [3.05, 3.63) is 34.2 Å². The highest BCUT2D eigenvalue weighted by Crippen LogP contribution is 2.40. The summed E-state index contributed by atoms with van der Waals surface area (Å²) >= 11 is 1.83. The van der Waals surface area contributed by atoms with Gasteiger partial charge >= 0.3 is 0 Å². The first kappa shape index (κ1) is 14.8. The van der Waals surface area contributed by atoms with E-state index < -0.39 is 0 Å². The minimum Gasteiger partial charge on any atom is -0.356 e. The van der Waals surface area contributed by atoms with E-state index in [-0.39, 0.29) is 0 Å². The molecule has 2 atom stereocenters. The number of anilines is 1. The van der Waals surface area contributed by atoms with Crippen LogP contribution in [0.3, 0.4) is 0 Å². The van der Waals surface area contributed by atoms with Crippen LogP contribution in [0.5, 0.6) is 0 Å². The van der Waals surface area contributed by atoms with E-state index >= 15 is 0 Å². The van der Waals surface area contributed by atoms with Crippen molar-refractivity contribution in [3.8, 4) is 0 Å². The smallest absolute Gasteiger partial charge is 0.132 e. The van der Waals surface area contributed by atoms with E-state index in [1.807, 2.05) is 17.5 Å². The number of rotatable bonds is 4. The van der Waals surface area contributed by atoms with E-state index in [4.69, 9.17) is 0 Å². The van der Waals surface area contributed by atoms with Crippen molar-refractivity contribution in [1.29, 1.82) is 0 Å². The zero-order valence-electron chi connectivity index (χ0n) is 14.1. The summed E-state index contributed by atoms with van der Waals surface area (Å²) in [6.45, 7) is 7.85. The van der Waals surface area contributed by atoms with E-state index in [1.54, 1.807) is 6.33 Å². The van der Waals surface area contributed by atoms with Crippen LogP contribution in [0, 0.1) is 18.8 Å². The minimum atomic E-state index is 0.701. The first-order valence-electron chi connectivity index (χ1n) is 8.95. The predicted molar refractivity (Wildman–Crippen MR) is 95.3 cm³/mol. The second-order valence-corrected chi connectivity index (χ2v) is 8.86. The van der Waals surface area contributed by atoms with Gasteiger partial charge in [-0.05, 0) is 31.6 Å². The van der Waals surface area contributed by atoms with Gasteiger partial charge in [0.2, 0.25) is 0 Å². The van der Waals surface area contributed by atoms with Gasteiger partial charge in [-0.15, -0.1) is 11.3 Å². The third-order valence-electron chi connectivity index (χ3n) is 5.60.